The normalized spacial score (nSPS) is 10.9. The number of hydrogen-bond acceptors (Lipinski definition) is 7. The largest absolute Gasteiger partial charge is 0.486 e. The summed E-state index contributed by atoms with van der Waals surface area (Å²) >= 11 is 15.0. The number of hydrogen-bond donors (Lipinski definition) is 1. The van der Waals surface area contributed by atoms with E-state index in [0.29, 0.717) is 32.6 Å². The van der Waals surface area contributed by atoms with E-state index in [-0.39, 0.29) is 18.3 Å². The molecule has 192 valence electrons. The lowest BCUT2D eigenvalue weighted by Gasteiger charge is -2.11. The van der Waals surface area contributed by atoms with E-state index in [9.17, 15) is 4.79 Å². The number of rotatable bonds is 10. The molecule has 1 amide bonds. The lowest BCUT2D eigenvalue weighted by Crippen LogP contribution is -2.14. The minimum atomic E-state index is -0.190. The standard InChI is InChI=1S/C27H21Cl2N5O2S2/c28-19-12-11-18(23(29)14-19)13-22-15-30-26(38-22)31-25(35)17-37-27-33-32-24(16-36-21-9-5-2-6-10-21)34(27)20-7-3-1-4-8-20/h1-12,14-15H,13,16-17H2,(H,30,31,35). The van der Waals surface area contributed by atoms with Crippen molar-refractivity contribution >= 4 is 57.3 Å². The third-order valence-corrected chi connectivity index (χ3v) is 7.77. The lowest BCUT2D eigenvalue weighted by molar-refractivity contribution is -0.113. The first-order valence-corrected chi connectivity index (χ1v) is 14.1. The van der Waals surface area contributed by atoms with Gasteiger partial charge in [0, 0.05) is 33.2 Å². The van der Waals surface area contributed by atoms with Crippen molar-refractivity contribution in [3.63, 3.8) is 0 Å². The zero-order chi connectivity index (χ0) is 26.3. The average Bonchev–Trinajstić information content (AvgIpc) is 3.55. The van der Waals surface area contributed by atoms with E-state index in [1.54, 1.807) is 18.3 Å². The van der Waals surface area contributed by atoms with Crippen LogP contribution in [-0.4, -0.2) is 31.4 Å². The van der Waals surface area contributed by atoms with E-state index in [4.69, 9.17) is 27.9 Å². The SMILES string of the molecule is O=C(CSc1nnc(COc2ccccc2)n1-c1ccccc1)Nc1ncc(Cc2ccc(Cl)cc2Cl)s1. The second kappa shape index (κ2) is 12.4. The second-order valence-electron chi connectivity index (χ2n) is 8.05. The van der Waals surface area contributed by atoms with Crippen molar-refractivity contribution in [2.45, 2.75) is 18.2 Å². The van der Waals surface area contributed by atoms with Gasteiger partial charge in [-0.05, 0) is 42.0 Å². The van der Waals surface area contributed by atoms with Crippen LogP contribution >= 0.6 is 46.3 Å². The number of thiazole rings is 1. The fraction of sp³-hybridized carbons (Fsp3) is 0.111. The first kappa shape index (κ1) is 26.2. The van der Waals surface area contributed by atoms with Crippen LogP contribution in [0.3, 0.4) is 0 Å². The highest BCUT2D eigenvalue weighted by atomic mass is 35.5. The van der Waals surface area contributed by atoms with Gasteiger partial charge in [0.05, 0.1) is 5.75 Å². The predicted molar refractivity (Wildman–Crippen MR) is 153 cm³/mol. The molecular weight excluding hydrogens is 561 g/mol. The molecule has 0 spiro atoms. The molecule has 5 aromatic rings. The van der Waals surface area contributed by atoms with E-state index in [2.05, 4.69) is 20.5 Å². The number of benzene rings is 3. The Morgan fingerprint density at radius 1 is 1.00 bits per heavy atom. The van der Waals surface area contributed by atoms with E-state index in [0.717, 1.165) is 21.9 Å². The molecule has 0 saturated heterocycles. The highest BCUT2D eigenvalue weighted by Crippen LogP contribution is 2.28. The molecule has 1 N–H and O–H groups in total. The number of thioether (sulfide) groups is 1. The number of carbonyl (C=O) groups is 1. The Morgan fingerprint density at radius 3 is 2.53 bits per heavy atom. The molecular formula is C27H21Cl2N5O2S2. The van der Waals surface area contributed by atoms with Crippen molar-refractivity contribution in [3.05, 3.63) is 111 Å². The Bertz CT molecular complexity index is 1530. The number of carbonyl (C=O) groups excluding carboxylic acids is 1. The Kier molecular flexibility index (Phi) is 8.60. The molecule has 0 fully saturated rings. The molecule has 38 heavy (non-hydrogen) atoms. The number of nitrogens with one attached hydrogen (secondary N) is 1. The summed E-state index contributed by atoms with van der Waals surface area (Å²) < 4.78 is 7.80. The molecule has 7 nitrogen and oxygen atoms in total. The molecule has 0 bridgehead atoms. The molecule has 11 heteroatoms. The topological polar surface area (TPSA) is 81.9 Å². The van der Waals surface area contributed by atoms with Gasteiger partial charge in [-0.3, -0.25) is 9.36 Å². The van der Waals surface area contributed by atoms with Gasteiger partial charge in [-0.15, -0.1) is 21.5 Å². The smallest absolute Gasteiger partial charge is 0.236 e. The molecule has 2 aromatic heterocycles. The Hall–Kier alpha value is -3.37. The van der Waals surface area contributed by atoms with Crippen molar-refractivity contribution in [1.82, 2.24) is 19.7 Å². The van der Waals surface area contributed by atoms with Gasteiger partial charge in [0.15, 0.2) is 16.1 Å². The molecule has 0 saturated carbocycles. The predicted octanol–water partition coefficient (Wildman–Crippen LogP) is 6.93. The fourth-order valence-corrected chi connectivity index (χ4v) is 5.67. The van der Waals surface area contributed by atoms with E-state index >= 15 is 0 Å². The first-order chi connectivity index (χ1) is 18.5. The summed E-state index contributed by atoms with van der Waals surface area (Å²) in [6.07, 6.45) is 2.34. The Labute approximate surface area is 237 Å². The van der Waals surface area contributed by atoms with Crippen LogP contribution < -0.4 is 10.1 Å². The van der Waals surface area contributed by atoms with Crippen LogP contribution in [0.4, 0.5) is 5.13 Å². The van der Waals surface area contributed by atoms with Crippen LogP contribution in [0.2, 0.25) is 10.0 Å². The molecule has 0 radical (unpaired) electrons. The fourth-order valence-electron chi connectivity index (χ4n) is 3.57. The minimum Gasteiger partial charge on any atom is -0.486 e. The number of halogens is 2. The average molecular weight is 583 g/mol. The van der Waals surface area contributed by atoms with Crippen LogP contribution in [0.1, 0.15) is 16.3 Å². The van der Waals surface area contributed by atoms with Crippen molar-refractivity contribution in [2.75, 3.05) is 11.1 Å². The van der Waals surface area contributed by atoms with Gasteiger partial charge in [0.2, 0.25) is 5.91 Å². The molecule has 0 aliphatic carbocycles. The van der Waals surface area contributed by atoms with Gasteiger partial charge in [-0.1, -0.05) is 77.4 Å². The summed E-state index contributed by atoms with van der Waals surface area (Å²) in [6.45, 7) is 0.234. The van der Waals surface area contributed by atoms with Crippen molar-refractivity contribution in [1.29, 1.82) is 0 Å². The van der Waals surface area contributed by atoms with Gasteiger partial charge in [0.1, 0.15) is 12.4 Å². The van der Waals surface area contributed by atoms with Crippen LogP contribution in [0.15, 0.2) is 90.2 Å². The number of anilines is 1. The minimum absolute atomic E-state index is 0.141. The van der Waals surface area contributed by atoms with Crippen molar-refractivity contribution in [2.24, 2.45) is 0 Å². The quantitative estimate of drug-likeness (QED) is 0.180. The summed E-state index contributed by atoms with van der Waals surface area (Å²) in [5, 5.41) is 13.8. The van der Waals surface area contributed by atoms with Crippen molar-refractivity contribution < 1.29 is 9.53 Å². The maximum atomic E-state index is 12.7. The Balaban J connectivity index is 1.23. The van der Waals surface area contributed by atoms with Gasteiger partial charge in [-0.25, -0.2) is 4.98 Å². The highest BCUT2D eigenvalue weighted by Gasteiger charge is 2.17. The second-order valence-corrected chi connectivity index (χ2v) is 11.0. The van der Waals surface area contributed by atoms with Crippen LogP contribution in [0.25, 0.3) is 5.69 Å². The van der Waals surface area contributed by atoms with Crippen LogP contribution in [0.5, 0.6) is 5.75 Å². The number of ether oxygens (including phenoxy) is 1. The number of para-hydroxylation sites is 2. The molecule has 0 atom stereocenters. The zero-order valence-electron chi connectivity index (χ0n) is 19.9. The lowest BCUT2D eigenvalue weighted by atomic mass is 10.1. The van der Waals surface area contributed by atoms with Crippen LogP contribution in [-0.2, 0) is 17.8 Å². The summed E-state index contributed by atoms with van der Waals surface area (Å²) in [5.74, 6) is 1.32. The molecule has 3 aromatic carbocycles. The van der Waals surface area contributed by atoms with Gasteiger partial charge in [-0.2, -0.15) is 0 Å². The maximum Gasteiger partial charge on any atom is 0.236 e. The van der Waals surface area contributed by atoms with Gasteiger partial charge < -0.3 is 10.1 Å². The van der Waals surface area contributed by atoms with E-state index in [1.807, 2.05) is 71.3 Å². The number of aromatic nitrogens is 4. The molecule has 2 heterocycles. The summed E-state index contributed by atoms with van der Waals surface area (Å²) in [5.41, 5.74) is 1.83. The van der Waals surface area contributed by atoms with E-state index < -0.39 is 0 Å². The Morgan fingerprint density at radius 2 is 1.76 bits per heavy atom. The van der Waals surface area contributed by atoms with E-state index in [1.165, 1.54) is 23.1 Å². The van der Waals surface area contributed by atoms with Crippen molar-refractivity contribution in [3.8, 4) is 11.4 Å². The summed E-state index contributed by atoms with van der Waals surface area (Å²) in [7, 11) is 0. The molecule has 0 unspecified atom stereocenters. The summed E-state index contributed by atoms with van der Waals surface area (Å²) in [4.78, 5) is 18.0. The molecule has 0 aliphatic heterocycles. The van der Waals surface area contributed by atoms with Gasteiger partial charge in [0.25, 0.3) is 0 Å². The van der Waals surface area contributed by atoms with Crippen LogP contribution in [0, 0.1) is 0 Å². The molecule has 0 aliphatic rings. The number of amides is 1. The highest BCUT2D eigenvalue weighted by molar-refractivity contribution is 7.99. The van der Waals surface area contributed by atoms with Gasteiger partial charge >= 0.3 is 0 Å². The zero-order valence-corrected chi connectivity index (χ0v) is 23.0. The first-order valence-electron chi connectivity index (χ1n) is 11.5. The number of nitrogens with zero attached hydrogens (tertiary/aromatic N) is 4. The third-order valence-electron chi connectivity index (χ3n) is 5.34. The monoisotopic (exact) mass is 581 g/mol. The third kappa shape index (κ3) is 6.73. The maximum absolute atomic E-state index is 12.7. The molecule has 5 rings (SSSR count). The summed E-state index contributed by atoms with van der Waals surface area (Å²) in [6, 6.07) is 24.7.